The molecule has 15 nitrogen and oxygen atoms in total. The summed E-state index contributed by atoms with van der Waals surface area (Å²) in [5.74, 6) is -2.41. The normalized spacial score (nSPS) is 19.1. The SMILES string of the molecule is COc1cc(-c2cn(C)c(=O)c3cc(C(=O)NC4CCN(C5CCN(c6ccc7c(N8CCC(=O)NC8=O)nn(C)c7c6)CC5)CC4(F)F)sc23)cc(OC)c1CN(C)C. The van der Waals surface area contributed by atoms with Crippen molar-refractivity contribution < 1.29 is 32.6 Å². The van der Waals surface area contributed by atoms with Crippen LogP contribution in [0.1, 0.15) is 40.9 Å². The number of carbonyl (C=O) groups is 3. The molecule has 2 aromatic carbocycles. The number of aryl methyl sites for hydroxylation is 2. The van der Waals surface area contributed by atoms with E-state index in [0.717, 1.165) is 39.1 Å². The lowest BCUT2D eigenvalue weighted by molar-refractivity contribution is -0.120. The molecule has 0 aliphatic carbocycles. The highest BCUT2D eigenvalue weighted by Crippen LogP contribution is 2.40. The number of urea groups is 1. The van der Waals surface area contributed by atoms with Crippen molar-refractivity contribution in [2.24, 2.45) is 14.1 Å². The summed E-state index contributed by atoms with van der Waals surface area (Å²) in [6, 6.07) is 9.29. The monoisotopic (exact) mass is 845 g/mol. The molecular formula is C42H49F2N9O6S. The molecule has 318 valence electrons. The maximum Gasteiger partial charge on any atom is 0.329 e. The van der Waals surface area contributed by atoms with E-state index in [4.69, 9.17) is 9.47 Å². The summed E-state index contributed by atoms with van der Waals surface area (Å²) >= 11 is 1.10. The van der Waals surface area contributed by atoms with Crippen LogP contribution in [0, 0.1) is 0 Å². The lowest BCUT2D eigenvalue weighted by atomic mass is 9.95. The highest BCUT2D eigenvalue weighted by atomic mass is 32.1. The van der Waals surface area contributed by atoms with Gasteiger partial charge in [-0.1, -0.05) is 0 Å². The third kappa shape index (κ3) is 7.67. The van der Waals surface area contributed by atoms with Gasteiger partial charge in [-0.25, -0.2) is 13.6 Å². The fourth-order valence-electron chi connectivity index (χ4n) is 8.74. The highest BCUT2D eigenvalue weighted by molar-refractivity contribution is 7.21. The summed E-state index contributed by atoms with van der Waals surface area (Å²) in [5, 5.41) is 10.7. The number of pyridine rings is 1. The van der Waals surface area contributed by atoms with Gasteiger partial charge in [-0.2, -0.15) is 5.10 Å². The first kappa shape index (κ1) is 41.2. The van der Waals surface area contributed by atoms with Crippen LogP contribution < -0.4 is 35.5 Å². The fourth-order valence-corrected chi connectivity index (χ4v) is 9.83. The first-order chi connectivity index (χ1) is 28.6. The van der Waals surface area contributed by atoms with Crippen LogP contribution in [-0.4, -0.2) is 121 Å². The number of methoxy groups -OCH3 is 2. The van der Waals surface area contributed by atoms with E-state index in [1.165, 1.54) is 15.5 Å². The Morgan fingerprint density at radius 1 is 0.983 bits per heavy atom. The van der Waals surface area contributed by atoms with Gasteiger partial charge in [-0.05, 0) is 75.3 Å². The maximum absolute atomic E-state index is 15.9. The molecule has 2 N–H and O–H groups in total. The van der Waals surface area contributed by atoms with Gasteiger partial charge >= 0.3 is 6.03 Å². The summed E-state index contributed by atoms with van der Waals surface area (Å²) in [4.78, 5) is 58.9. The first-order valence-electron chi connectivity index (χ1n) is 19.9. The van der Waals surface area contributed by atoms with Gasteiger partial charge in [0.25, 0.3) is 17.4 Å². The molecule has 8 rings (SSSR count). The van der Waals surface area contributed by atoms with Gasteiger partial charge in [0.1, 0.15) is 11.5 Å². The average molecular weight is 846 g/mol. The van der Waals surface area contributed by atoms with Gasteiger partial charge in [0.05, 0.1) is 48.1 Å². The van der Waals surface area contributed by atoms with E-state index >= 15 is 8.78 Å². The number of amides is 4. The van der Waals surface area contributed by atoms with E-state index in [1.807, 2.05) is 61.3 Å². The number of fused-ring (bicyclic) bond motifs is 2. The predicted molar refractivity (Wildman–Crippen MR) is 227 cm³/mol. The van der Waals surface area contributed by atoms with Crippen LogP contribution in [0.3, 0.4) is 0 Å². The van der Waals surface area contributed by atoms with Crippen molar-refractivity contribution in [1.29, 1.82) is 0 Å². The summed E-state index contributed by atoms with van der Waals surface area (Å²) in [5.41, 5.74) is 3.78. The number of hydrogen-bond acceptors (Lipinski definition) is 11. The molecule has 1 unspecified atom stereocenters. The second-order valence-corrected chi connectivity index (χ2v) is 17.1. The topological polar surface area (TPSA) is 147 Å². The third-order valence-corrected chi connectivity index (χ3v) is 13.0. The maximum atomic E-state index is 15.9. The zero-order chi connectivity index (χ0) is 42.6. The summed E-state index contributed by atoms with van der Waals surface area (Å²) in [6.07, 6.45) is 3.38. The summed E-state index contributed by atoms with van der Waals surface area (Å²) < 4.78 is 47.1. The number of nitrogens with zero attached hydrogens (tertiary/aromatic N) is 7. The van der Waals surface area contributed by atoms with Gasteiger partial charge in [0.2, 0.25) is 5.91 Å². The van der Waals surface area contributed by atoms with Crippen LogP contribution in [-0.2, 0) is 25.4 Å². The van der Waals surface area contributed by atoms with Crippen LogP contribution in [0.25, 0.3) is 32.1 Å². The van der Waals surface area contributed by atoms with E-state index in [2.05, 4.69) is 20.6 Å². The molecule has 3 aliphatic heterocycles. The lowest BCUT2D eigenvalue weighted by Crippen LogP contribution is -2.61. The number of halogens is 2. The number of carbonyl (C=O) groups excluding carboxylic acids is 3. The Morgan fingerprint density at radius 3 is 2.35 bits per heavy atom. The van der Waals surface area contributed by atoms with Gasteiger partial charge < -0.3 is 29.2 Å². The van der Waals surface area contributed by atoms with E-state index in [0.29, 0.717) is 72.0 Å². The Morgan fingerprint density at radius 2 is 1.70 bits per heavy atom. The van der Waals surface area contributed by atoms with Crippen molar-refractivity contribution in [3.63, 3.8) is 0 Å². The standard InChI is InChI=1S/C42H49F2N9O6S/c1-48(2)21-30-32(58-5)17-24(18-33(30)59-6)29-22-49(3)40(56)28-20-34(60-37(28)29)39(55)45-35-11-15-52(23-42(35,43)44)25-9-13-51(14-10-25)26-7-8-27-31(19-26)50(4)47-38(27)53-16-12-36(54)46-41(53)57/h7-8,17-20,22,25,35H,9-16,21,23H2,1-6H3,(H,45,55)(H,46,54,57). The van der Waals surface area contributed by atoms with Crippen molar-refractivity contribution >= 4 is 61.7 Å². The van der Waals surface area contributed by atoms with Crippen molar-refractivity contribution in [3.05, 3.63) is 63.4 Å². The number of aromatic nitrogens is 3. The Labute approximate surface area is 349 Å². The molecular weight excluding hydrogens is 797 g/mol. The molecule has 0 radical (unpaired) electrons. The molecule has 6 heterocycles. The van der Waals surface area contributed by atoms with Crippen molar-refractivity contribution in [1.82, 2.24) is 34.8 Å². The number of likely N-dealkylation sites (tertiary alicyclic amines) is 1. The number of alkyl halides is 2. The smallest absolute Gasteiger partial charge is 0.329 e. The van der Waals surface area contributed by atoms with Crippen LogP contribution in [0.2, 0.25) is 0 Å². The van der Waals surface area contributed by atoms with Gasteiger partial charge in [-0.15, -0.1) is 11.3 Å². The van der Waals surface area contributed by atoms with Gasteiger partial charge in [0.15, 0.2) is 5.82 Å². The molecule has 18 heteroatoms. The molecule has 3 aliphatic rings. The molecule has 0 bridgehead atoms. The number of benzene rings is 2. The van der Waals surface area contributed by atoms with Crippen LogP contribution >= 0.6 is 11.3 Å². The van der Waals surface area contributed by atoms with E-state index < -0.39 is 30.4 Å². The Balaban J connectivity index is 0.929. The predicted octanol–water partition coefficient (Wildman–Crippen LogP) is 4.79. The molecule has 3 fully saturated rings. The molecule has 1 atom stereocenters. The molecule has 4 amide bonds. The molecule has 0 saturated carbocycles. The molecule has 3 aromatic heterocycles. The van der Waals surface area contributed by atoms with Crippen LogP contribution in [0.5, 0.6) is 11.5 Å². The number of hydrogen-bond donors (Lipinski definition) is 2. The minimum absolute atomic E-state index is 0.0393. The number of imide groups is 1. The third-order valence-electron chi connectivity index (χ3n) is 11.9. The second kappa shape index (κ2) is 16.1. The second-order valence-electron chi connectivity index (χ2n) is 16.1. The largest absolute Gasteiger partial charge is 0.496 e. The van der Waals surface area contributed by atoms with E-state index in [9.17, 15) is 19.2 Å². The zero-order valence-electron chi connectivity index (χ0n) is 34.5. The fraction of sp³-hybridized carbons (Fsp3) is 0.452. The first-order valence-corrected chi connectivity index (χ1v) is 20.8. The minimum Gasteiger partial charge on any atom is -0.496 e. The summed E-state index contributed by atoms with van der Waals surface area (Å²) in [7, 11) is 10.5. The number of anilines is 2. The van der Waals surface area contributed by atoms with E-state index in [1.54, 1.807) is 32.1 Å². The van der Waals surface area contributed by atoms with Crippen LogP contribution in [0.4, 0.5) is 25.1 Å². The number of piperidine rings is 2. The zero-order valence-corrected chi connectivity index (χ0v) is 35.3. The van der Waals surface area contributed by atoms with Crippen molar-refractivity contribution in [3.8, 4) is 22.6 Å². The van der Waals surface area contributed by atoms with Crippen molar-refractivity contribution in [2.45, 2.75) is 50.2 Å². The quantitative estimate of drug-likeness (QED) is 0.201. The minimum atomic E-state index is -3.18. The van der Waals surface area contributed by atoms with Gasteiger partial charge in [0, 0.05) is 86.8 Å². The number of ether oxygens (including phenoxy) is 2. The lowest BCUT2D eigenvalue weighted by Gasteiger charge is -2.45. The highest BCUT2D eigenvalue weighted by Gasteiger charge is 2.47. The van der Waals surface area contributed by atoms with Crippen molar-refractivity contribution in [2.75, 3.05) is 70.8 Å². The van der Waals surface area contributed by atoms with Gasteiger partial charge in [-0.3, -0.25) is 34.2 Å². The number of nitrogens with one attached hydrogen (secondary N) is 2. The Bertz CT molecular complexity index is 2540. The Kier molecular flexibility index (Phi) is 11.1. The number of thiophene rings is 1. The average Bonchev–Trinajstić information content (AvgIpc) is 3.81. The molecule has 3 saturated heterocycles. The van der Waals surface area contributed by atoms with E-state index in [-0.39, 0.29) is 41.8 Å². The number of rotatable bonds is 10. The van der Waals surface area contributed by atoms with Crippen LogP contribution in [0.15, 0.2) is 47.4 Å². The molecule has 60 heavy (non-hydrogen) atoms. The summed E-state index contributed by atoms with van der Waals surface area (Å²) in [6.45, 7) is 2.12. The Hall–Kier alpha value is -5.59. The molecule has 5 aromatic rings. The molecule has 0 spiro atoms.